The van der Waals surface area contributed by atoms with Crippen LogP contribution in [0.3, 0.4) is 0 Å². The monoisotopic (exact) mass is 242 g/mol. The Morgan fingerprint density at radius 3 is 2.41 bits per heavy atom. The number of amides is 1. The van der Waals surface area contributed by atoms with Crippen molar-refractivity contribution in [2.75, 3.05) is 26.7 Å². The standard InChI is InChI=1S/C12H22N2O3/c1-3-9(8-13)11(15)14-6-4-10(5-7-14)12(16)17-2/h9-10H,3-8,13H2,1-2H3. The molecule has 1 amide bonds. The summed E-state index contributed by atoms with van der Waals surface area (Å²) in [6.45, 7) is 3.63. The molecule has 0 aromatic heterocycles. The number of likely N-dealkylation sites (tertiary alicyclic amines) is 1. The number of nitrogens with zero attached hydrogens (tertiary/aromatic N) is 1. The summed E-state index contributed by atoms with van der Waals surface area (Å²) in [5.41, 5.74) is 5.57. The number of ether oxygens (including phenoxy) is 1. The van der Waals surface area contributed by atoms with E-state index in [9.17, 15) is 9.59 Å². The molecule has 0 bridgehead atoms. The Kier molecular flexibility index (Phi) is 5.41. The van der Waals surface area contributed by atoms with Gasteiger partial charge in [0.2, 0.25) is 5.91 Å². The number of carbonyl (C=O) groups is 2. The van der Waals surface area contributed by atoms with Gasteiger partial charge in [-0.1, -0.05) is 6.92 Å². The summed E-state index contributed by atoms with van der Waals surface area (Å²) in [6.07, 6.45) is 2.16. The van der Waals surface area contributed by atoms with Crippen molar-refractivity contribution < 1.29 is 14.3 Å². The zero-order chi connectivity index (χ0) is 12.8. The van der Waals surface area contributed by atoms with Crippen LogP contribution in [0, 0.1) is 11.8 Å². The van der Waals surface area contributed by atoms with E-state index >= 15 is 0 Å². The molecule has 1 heterocycles. The van der Waals surface area contributed by atoms with E-state index in [4.69, 9.17) is 10.5 Å². The zero-order valence-electron chi connectivity index (χ0n) is 10.6. The molecule has 0 aromatic rings. The Morgan fingerprint density at radius 2 is 2.00 bits per heavy atom. The number of hydrogen-bond acceptors (Lipinski definition) is 4. The fraction of sp³-hybridized carbons (Fsp3) is 0.833. The second kappa shape index (κ2) is 6.59. The average Bonchev–Trinajstić information content (AvgIpc) is 2.39. The average molecular weight is 242 g/mol. The summed E-state index contributed by atoms with van der Waals surface area (Å²) >= 11 is 0. The zero-order valence-corrected chi connectivity index (χ0v) is 10.6. The summed E-state index contributed by atoms with van der Waals surface area (Å²) in [4.78, 5) is 25.2. The van der Waals surface area contributed by atoms with Crippen LogP contribution < -0.4 is 5.73 Å². The van der Waals surface area contributed by atoms with Crippen LogP contribution in [0.4, 0.5) is 0 Å². The highest BCUT2D eigenvalue weighted by Gasteiger charge is 2.29. The molecule has 5 heteroatoms. The normalized spacial score (nSPS) is 18.9. The predicted molar refractivity (Wildman–Crippen MR) is 64.2 cm³/mol. The molecule has 1 fully saturated rings. The maximum absolute atomic E-state index is 12.0. The Hall–Kier alpha value is -1.10. The molecule has 5 nitrogen and oxygen atoms in total. The molecule has 1 saturated heterocycles. The number of piperidine rings is 1. The number of nitrogens with two attached hydrogens (primary N) is 1. The fourth-order valence-corrected chi connectivity index (χ4v) is 2.20. The highest BCUT2D eigenvalue weighted by Crippen LogP contribution is 2.20. The summed E-state index contributed by atoms with van der Waals surface area (Å²) in [6, 6.07) is 0. The Bertz CT molecular complexity index is 269. The number of carbonyl (C=O) groups excluding carboxylic acids is 2. The van der Waals surface area contributed by atoms with E-state index in [0.29, 0.717) is 32.5 Å². The van der Waals surface area contributed by atoms with Crippen LogP contribution in [0.5, 0.6) is 0 Å². The van der Waals surface area contributed by atoms with Crippen molar-refractivity contribution in [3.63, 3.8) is 0 Å². The molecule has 0 radical (unpaired) electrons. The van der Waals surface area contributed by atoms with Gasteiger partial charge in [-0.3, -0.25) is 9.59 Å². The van der Waals surface area contributed by atoms with Crippen LogP contribution >= 0.6 is 0 Å². The number of esters is 1. The SMILES string of the molecule is CCC(CN)C(=O)N1CCC(C(=O)OC)CC1. The summed E-state index contributed by atoms with van der Waals surface area (Å²) in [7, 11) is 1.40. The predicted octanol–water partition coefficient (Wildman–Crippen LogP) is 0.383. The molecule has 0 spiro atoms. The van der Waals surface area contributed by atoms with Crippen molar-refractivity contribution >= 4 is 11.9 Å². The lowest BCUT2D eigenvalue weighted by Crippen LogP contribution is -2.44. The molecule has 17 heavy (non-hydrogen) atoms. The molecule has 1 atom stereocenters. The van der Waals surface area contributed by atoms with Crippen molar-refractivity contribution in [3.05, 3.63) is 0 Å². The van der Waals surface area contributed by atoms with Crippen LogP contribution in [0.25, 0.3) is 0 Å². The first-order valence-corrected chi connectivity index (χ1v) is 6.20. The largest absolute Gasteiger partial charge is 0.469 e. The van der Waals surface area contributed by atoms with Crippen LogP contribution in [-0.4, -0.2) is 43.5 Å². The van der Waals surface area contributed by atoms with Crippen molar-refractivity contribution in [2.24, 2.45) is 17.6 Å². The highest BCUT2D eigenvalue weighted by molar-refractivity contribution is 5.79. The van der Waals surface area contributed by atoms with Gasteiger partial charge in [-0.15, -0.1) is 0 Å². The second-order valence-electron chi connectivity index (χ2n) is 4.46. The number of methoxy groups -OCH3 is 1. The van der Waals surface area contributed by atoms with E-state index in [2.05, 4.69) is 0 Å². The fourth-order valence-electron chi connectivity index (χ4n) is 2.20. The van der Waals surface area contributed by atoms with Crippen molar-refractivity contribution in [3.8, 4) is 0 Å². The molecule has 1 aliphatic rings. The van der Waals surface area contributed by atoms with E-state index in [-0.39, 0.29) is 23.7 Å². The summed E-state index contributed by atoms with van der Waals surface area (Å²) in [5.74, 6) is -0.173. The summed E-state index contributed by atoms with van der Waals surface area (Å²) < 4.78 is 4.71. The first kappa shape index (κ1) is 14.0. The van der Waals surface area contributed by atoms with Gasteiger partial charge in [-0.2, -0.15) is 0 Å². The topological polar surface area (TPSA) is 72.6 Å². The van der Waals surface area contributed by atoms with E-state index in [1.165, 1.54) is 7.11 Å². The van der Waals surface area contributed by atoms with Gasteiger partial charge < -0.3 is 15.4 Å². The number of hydrogen-bond donors (Lipinski definition) is 1. The van der Waals surface area contributed by atoms with Gasteiger partial charge in [-0.25, -0.2) is 0 Å². The first-order chi connectivity index (χ1) is 8.13. The van der Waals surface area contributed by atoms with E-state index in [1.807, 2.05) is 11.8 Å². The van der Waals surface area contributed by atoms with Gasteiger partial charge in [-0.05, 0) is 19.3 Å². The van der Waals surface area contributed by atoms with Crippen LogP contribution in [0.2, 0.25) is 0 Å². The quantitative estimate of drug-likeness (QED) is 0.723. The van der Waals surface area contributed by atoms with Gasteiger partial charge in [0.15, 0.2) is 0 Å². The van der Waals surface area contributed by atoms with Crippen LogP contribution in [0.1, 0.15) is 26.2 Å². The van der Waals surface area contributed by atoms with Gasteiger partial charge >= 0.3 is 5.97 Å². The molecular weight excluding hydrogens is 220 g/mol. The molecule has 0 aliphatic carbocycles. The third kappa shape index (κ3) is 3.43. The van der Waals surface area contributed by atoms with Crippen molar-refractivity contribution in [1.82, 2.24) is 4.90 Å². The molecule has 1 unspecified atom stereocenters. The third-order valence-corrected chi connectivity index (χ3v) is 3.47. The van der Waals surface area contributed by atoms with Crippen molar-refractivity contribution in [2.45, 2.75) is 26.2 Å². The van der Waals surface area contributed by atoms with Crippen LogP contribution in [0.15, 0.2) is 0 Å². The molecule has 0 saturated carbocycles. The molecule has 2 N–H and O–H groups in total. The number of rotatable bonds is 4. The van der Waals surface area contributed by atoms with Gasteiger partial charge in [0.05, 0.1) is 18.9 Å². The minimum Gasteiger partial charge on any atom is -0.469 e. The lowest BCUT2D eigenvalue weighted by atomic mass is 9.95. The van der Waals surface area contributed by atoms with Crippen molar-refractivity contribution in [1.29, 1.82) is 0 Å². The van der Waals surface area contributed by atoms with Crippen LogP contribution in [-0.2, 0) is 14.3 Å². The highest BCUT2D eigenvalue weighted by atomic mass is 16.5. The van der Waals surface area contributed by atoms with E-state index in [0.717, 1.165) is 6.42 Å². The first-order valence-electron chi connectivity index (χ1n) is 6.20. The molecule has 1 rings (SSSR count). The molecule has 98 valence electrons. The van der Waals surface area contributed by atoms with Gasteiger partial charge in [0.25, 0.3) is 0 Å². The van der Waals surface area contributed by atoms with Gasteiger partial charge in [0.1, 0.15) is 0 Å². The maximum atomic E-state index is 12.0. The second-order valence-corrected chi connectivity index (χ2v) is 4.46. The molecular formula is C12H22N2O3. The minimum absolute atomic E-state index is 0.0537. The summed E-state index contributed by atoms with van der Waals surface area (Å²) in [5, 5.41) is 0. The lowest BCUT2D eigenvalue weighted by Gasteiger charge is -2.32. The smallest absolute Gasteiger partial charge is 0.308 e. The van der Waals surface area contributed by atoms with E-state index in [1.54, 1.807) is 0 Å². The molecule has 1 aliphatic heterocycles. The third-order valence-electron chi connectivity index (χ3n) is 3.47. The maximum Gasteiger partial charge on any atom is 0.308 e. The Balaban J connectivity index is 2.46. The lowest BCUT2D eigenvalue weighted by molar-refractivity contribution is -0.149. The van der Waals surface area contributed by atoms with E-state index < -0.39 is 0 Å². The molecule has 0 aromatic carbocycles. The minimum atomic E-state index is -0.164. The Morgan fingerprint density at radius 1 is 1.41 bits per heavy atom. The Labute approximate surface area is 102 Å². The van der Waals surface area contributed by atoms with Gasteiger partial charge in [0, 0.05) is 19.6 Å².